The molecule has 0 aliphatic rings. The number of hydrogen-bond donors (Lipinski definition) is 1. The molecule has 0 saturated heterocycles. The van der Waals surface area contributed by atoms with Gasteiger partial charge in [-0.25, -0.2) is 0 Å². The third-order valence-electron chi connectivity index (χ3n) is 3.35. The summed E-state index contributed by atoms with van der Waals surface area (Å²) in [5.74, 6) is 0.542. The topological polar surface area (TPSA) is 12.0 Å². The Hall–Kier alpha value is -0.540. The van der Waals surface area contributed by atoms with Gasteiger partial charge in [0.1, 0.15) is 0 Å². The lowest BCUT2D eigenvalue weighted by molar-refractivity contribution is 0.446. The highest BCUT2D eigenvalue weighted by Gasteiger charge is 2.13. The Balaban J connectivity index is 2.04. The molecular formula is C17H21Cl2NS. The van der Waals surface area contributed by atoms with Gasteiger partial charge in [0.2, 0.25) is 0 Å². The monoisotopic (exact) mass is 341 g/mol. The predicted molar refractivity (Wildman–Crippen MR) is 94.8 cm³/mol. The van der Waals surface area contributed by atoms with Crippen LogP contribution >= 0.6 is 34.5 Å². The molecule has 0 fully saturated rings. The Labute approximate surface area is 141 Å². The van der Waals surface area contributed by atoms with Crippen LogP contribution in [0, 0.1) is 5.92 Å². The van der Waals surface area contributed by atoms with Gasteiger partial charge in [0, 0.05) is 15.9 Å². The van der Waals surface area contributed by atoms with Crippen LogP contribution < -0.4 is 5.32 Å². The van der Waals surface area contributed by atoms with Crippen LogP contribution in [0.1, 0.15) is 24.3 Å². The minimum Gasteiger partial charge on any atom is -0.314 e. The average molecular weight is 342 g/mol. The van der Waals surface area contributed by atoms with Gasteiger partial charge in [-0.3, -0.25) is 0 Å². The van der Waals surface area contributed by atoms with Crippen LogP contribution in [0.2, 0.25) is 9.36 Å². The van der Waals surface area contributed by atoms with Crippen LogP contribution in [0.25, 0.3) is 0 Å². The van der Waals surface area contributed by atoms with Crippen molar-refractivity contribution in [2.45, 2.75) is 32.7 Å². The van der Waals surface area contributed by atoms with Gasteiger partial charge in [-0.15, -0.1) is 11.3 Å². The van der Waals surface area contributed by atoms with Crippen molar-refractivity contribution >= 4 is 34.5 Å². The number of thiophene rings is 1. The molecular weight excluding hydrogens is 321 g/mol. The molecule has 1 heterocycles. The normalized spacial score (nSPS) is 12.8. The second-order valence-corrected chi connectivity index (χ2v) is 7.91. The molecule has 1 unspecified atom stereocenters. The summed E-state index contributed by atoms with van der Waals surface area (Å²) in [6, 6.07) is 12.8. The van der Waals surface area contributed by atoms with Gasteiger partial charge in [-0.1, -0.05) is 49.2 Å². The maximum Gasteiger partial charge on any atom is 0.0931 e. The smallest absolute Gasteiger partial charge is 0.0931 e. The Morgan fingerprint density at radius 1 is 1.10 bits per heavy atom. The molecule has 1 N–H and O–H groups in total. The third-order valence-corrected chi connectivity index (χ3v) is 4.84. The van der Waals surface area contributed by atoms with E-state index >= 15 is 0 Å². The van der Waals surface area contributed by atoms with Crippen LogP contribution in [-0.2, 0) is 12.8 Å². The van der Waals surface area contributed by atoms with E-state index in [-0.39, 0.29) is 0 Å². The number of benzene rings is 1. The second kappa shape index (κ2) is 8.19. The van der Waals surface area contributed by atoms with Gasteiger partial charge in [-0.05, 0) is 55.1 Å². The maximum atomic E-state index is 6.09. The van der Waals surface area contributed by atoms with Crippen LogP contribution in [0.4, 0.5) is 0 Å². The lowest BCUT2D eigenvalue weighted by Crippen LogP contribution is -2.30. The standard InChI is InChI=1S/C17H21Cl2NS/c1-12(2)20-11-14(10-16-6-7-17(19)21-16)8-13-4-3-5-15(18)9-13/h3-7,9,12,14,20H,8,10-11H2,1-2H3. The van der Waals surface area contributed by atoms with Gasteiger partial charge in [0.05, 0.1) is 4.34 Å². The molecule has 0 spiro atoms. The van der Waals surface area contributed by atoms with Crippen molar-refractivity contribution in [3.05, 3.63) is 56.2 Å². The fourth-order valence-electron chi connectivity index (χ4n) is 2.36. The van der Waals surface area contributed by atoms with Gasteiger partial charge < -0.3 is 5.32 Å². The minimum absolute atomic E-state index is 0.499. The average Bonchev–Trinajstić information content (AvgIpc) is 2.81. The molecule has 4 heteroatoms. The molecule has 1 aromatic heterocycles. The van der Waals surface area contributed by atoms with E-state index in [9.17, 15) is 0 Å². The number of nitrogens with one attached hydrogen (secondary N) is 1. The van der Waals surface area contributed by atoms with Crippen molar-refractivity contribution in [3.8, 4) is 0 Å². The lowest BCUT2D eigenvalue weighted by Gasteiger charge is -2.19. The molecule has 0 radical (unpaired) electrons. The first-order valence-corrected chi connectivity index (χ1v) is 8.82. The highest BCUT2D eigenvalue weighted by Crippen LogP contribution is 2.25. The van der Waals surface area contributed by atoms with E-state index in [1.807, 2.05) is 18.2 Å². The fraction of sp³-hybridized carbons (Fsp3) is 0.412. The molecule has 0 amide bonds. The van der Waals surface area contributed by atoms with Crippen molar-refractivity contribution < 1.29 is 0 Å². The molecule has 1 aromatic carbocycles. The number of halogens is 2. The molecule has 2 aromatic rings. The Morgan fingerprint density at radius 3 is 2.52 bits per heavy atom. The second-order valence-electron chi connectivity index (χ2n) is 5.67. The van der Waals surface area contributed by atoms with Crippen LogP contribution in [0.5, 0.6) is 0 Å². The zero-order chi connectivity index (χ0) is 15.2. The quantitative estimate of drug-likeness (QED) is 0.705. The number of hydrogen-bond acceptors (Lipinski definition) is 2. The van der Waals surface area contributed by atoms with Crippen LogP contribution in [-0.4, -0.2) is 12.6 Å². The van der Waals surface area contributed by atoms with Crippen LogP contribution in [0.15, 0.2) is 36.4 Å². The summed E-state index contributed by atoms with van der Waals surface area (Å²) in [5, 5.41) is 4.35. The maximum absolute atomic E-state index is 6.09. The van der Waals surface area contributed by atoms with Crippen molar-refractivity contribution in [1.29, 1.82) is 0 Å². The zero-order valence-electron chi connectivity index (χ0n) is 12.4. The summed E-state index contributed by atoms with van der Waals surface area (Å²) < 4.78 is 0.864. The largest absolute Gasteiger partial charge is 0.314 e. The fourth-order valence-corrected chi connectivity index (χ4v) is 3.78. The highest BCUT2D eigenvalue weighted by molar-refractivity contribution is 7.16. The van der Waals surface area contributed by atoms with Gasteiger partial charge >= 0.3 is 0 Å². The van der Waals surface area contributed by atoms with E-state index in [0.717, 1.165) is 28.7 Å². The first kappa shape index (κ1) is 16.8. The molecule has 1 nitrogen and oxygen atoms in total. The Kier molecular flexibility index (Phi) is 6.56. The van der Waals surface area contributed by atoms with Gasteiger partial charge in [-0.2, -0.15) is 0 Å². The van der Waals surface area contributed by atoms with Crippen molar-refractivity contribution in [2.75, 3.05) is 6.54 Å². The molecule has 21 heavy (non-hydrogen) atoms. The van der Waals surface area contributed by atoms with E-state index in [1.165, 1.54) is 10.4 Å². The first-order valence-electron chi connectivity index (χ1n) is 7.25. The summed E-state index contributed by atoms with van der Waals surface area (Å²) in [5.41, 5.74) is 1.29. The van der Waals surface area contributed by atoms with Gasteiger partial charge in [0.25, 0.3) is 0 Å². The van der Waals surface area contributed by atoms with E-state index in [4.69, 9.17) is 23.2 Å². The lowest BCUT2D eigenvalue weighted by atomic mass is 9.95. The molecule has 0 aliphatic carbocycles. The Bertz CT molecular complexity index is 565. The van der Waals surface area contributed by atoms with E-state index in [1.54, 1.807) is 11.3 Å². The zero-order valence-corrected chi connectivity index (χ0v) is 14.7. The van der Waals surface area contributed by atoms with E-state index in [0.29, 0.717) is 12.0 Å². The van der Waals surface area contributed by atoms with Crippen LogP contribution in [0.3, 0.4) is 0 Å². The summed E-state index contributed by atoms with van der Waals surface area (Å²) in [4.78, 5) is 1.34. The first-order chi connectivity index (χ1) is 10.0. The third kappa shape index (κ3) is 5.99. The predicted octanol–water partition coefficient (Wildman–Crippen LogP) is 5.45. The summed E-state index contributed by atoms with van der Waals surface area (Å²) >= 11 is 13.8. The molecule has 114 valence electrons. The van der Waals surface area contributed by atoms with Crippen molar-refractivity contribution in [3.63, 3.8) is 0 Å². The summed E-state index contributed by atoms with van der Waals surface area (Å²) in [6.07, 6.45) is 2.07. The Morgan fingerprint density at radius 2 is 1.90 bits per heavy atom. The molecule has 0 aliphatic heterocycles. The SMILES string of the molecule is CC(C)NCC(Cc1cccc(Cl)c1)Cc1ccc(Cl)s1. The summed E-state index contributed by atoms with van der Waals surface area (Å²) in [7, 11) is 0. The minimum atomic E-state index is 0.499. The highest BCUT2D eigenvalue weighted by atomic mass is 35.5. The van der Waals surface area contributed by atoms with E-state index < -0.39 is 0 Å². The van der Waals surface area contributed by atoms with Crippen molar-refractivity contribution in [2.24, 2.45) is 5.92 Å². The number of rotatable bonds is 7. The molecule has 2 rings (SSSR count). The molecule has 1 atom stereocenters. The molecule has 0 saturated carbocycles. The van der Waals surface area contributed by atoms with Crippen molar-refractivity contribution in [1.82, 2.24) is 5.32 Å². The van der Waals surface area contributed by atoms with E-state index in [2.05, 4.69) is 37.4 Å². The molecule has 0 bridgehead atoms. The van der Waals surface area contributed by atoms with Gasteiger partial charge in [0.15, 0.2) is 0 Å². The summed E-state index contributed by atoms with van der Waals surface area (Å²) in [6.45, 7) is 5.36.